The van der Waals surface area contributed by atoms with Crippen molar-refractivity contribution in [2.45, 2.75) is 39.3 Å². The molecule has 0 aliphatic carbocycles. The quantitative estimate of drug-likeness (QED) is 0.790. The maximum absolute atomic E-state index is 10.4. The molecule has 0 bridgehead atoms. The second-order valence-electron chi connectivity index (χ2n) is 4.66. The van der Waals surface area contributed by atoms with Gasteiger partial charge < -0.3 is 5.11 Å². The highest BCUT2D eigenvalue weighted by Crippen LogP contribution is 2.25. The van der Waals surface area contributed by atoms with E-state index in [1.165, 1.54) is 11.1 Å². The lowest BCUT2D eigenvalue weighted by atomic mass is 9.96. The molecule has 2 heteroatoms. The highest BCUT2D eigenvalue weighted by atomic mass is 16.3. The van der Waals surface area contributed by atoms with Crippen molar-refractivity contribution in [2.24, 2.45) is 0 Å². The summed E-state index contributed by atoms with van der Waals surface area (Å²) in [5, 5.41) is 10.4. The molecule has 0 aromatic heterocycles. The Kier molecular flexibility index (Phi) is 4.11. The molecule has 1 unspecified atom stereocenters. The molecule has 0 saturated heterocycles. The van der Waals surface area contributed by atoms with Gasteiger partial charge in [-0.25, -0.2) is 0 Å². The number of hydrogen-bond donors (Lipinski definition) is 1. The number of aryl methyl sites for hydroxylation is 2. The summed E-state index contributed by atoms with van der Waals surface area (Å²) < 4.78 is 0. The number of rotatable bonds is 4. The fraction of sp³-hybridized carbons (Fsp3) is 0.571. The molecule has 2 nitrogen and oxygen atoms in total. The predicted molar refractivity (Wildman–Crippen MR) is 68.5 cm³/mol. The molecule has 1 aromatic carbocycles. The summed E-state index contributed by atoms with van der Waals surface area (Å²) in [5.74, 6) is 0. The Balaban J connectivity index is 3.22. The van der Waals surface area contributed by atoms with E-state index in [-0.39, 0.29) is 0 Å². The van der Waals surface area contributed by atoms with E-state index in [9.17, 15) is 5.11 Å². The van der Waals surface area contributed by atoms with Gasteiger partial charge in [0.1, 0.15) is 5.72 Å². The summed E-state index contributed by atoms with van der Waals surface area (Å²) in [6, 6.07) is 6.41. The molecule has 0 fully saturated rings. The molecule has 1 aromatic rings. The average molecular weight is 221 g/mol. The van der Waals surface area contributed by atoms with Crippen LogP contribution in [-0.4, -0.2) is 24.1 Å². The SMILES string of the molecule is CCc1cc(CC)cc(C(C)(O)N(C)C)c1. The van der Waals surface area contributed by atoms with Crippen molar-refractivity contribution < 1.29 is 5.11 Å². The minimum absolute atomic E-state index is 0.894. The Labute approximate surface area is 98.9 Å². The van der Waals surface area contributed by atoms with Gasteiger partial charge in [-0.3, -0.25) is 4.90 Å². The van der Waals surface area contributed by atoms with Gasteiger partial charge in [0.25, 0.3) is 0 Å². The summed E-state index contributed by atoms with van der Waals surface area (Å²) in [7, 11) is 3.79. The smallest absolute Gasteiger partial charge is 0.141 e. The molecule has 0 amide bonds. The standard InChI is InChI=1S/C14H23NO/c1-6-11-8-12(7-2)10-13(9-11)14(3,16)15(4)5/h8-10,16H,6-7H2,1-5H3. The molecule has 0 aliphatic heterocycles. The third-order valence-electron chi connectivity index (χ3n) is 3.29. The van der Waals surface area contributed by atoms with E-state index in [2.05, 4.69) is 32.0 Å². The van der Waals surface area contributed by atoms with Crippen LogP contribution in [0.3, 0.4) is 0 Å². The number of hydrogen-bond acceptors (Lipinski definition) is 2. The molecule has 1 N–H and O–H groups in total. The lowest BCUT2D eigenvalue weighted by molar-refractivity contribution is -0.0721. The third-order valence-corrected chi connectivity index (χ3v) is 3.29. The largest absolute Gasteiger partial charge is 0.372 e. The van der Waals surface area contributed by atoms with E-state index in [4.69, 9.17) is 0 Å². The Bertz CT molecular complexity index is 334. The van der Waals surface area contributed by atoms with Gasteiger partial charge in [-0.05, 0) is 50.6 Å². The van der Waals surface area contributed by atoms with Gasteiger partial charge in [0.2, 0.25) is 0 Å². The maximum atomic E-state index is 10.4. The lowest BCUT2D eigenvalue weighted by Gasteiger charge is -2.32. The first kappa shape index (κ1) is 13.2. The molecule has 90 valence electrons. The van der Waals surface area contributed by atoms with Gasteiger partial charge in [-0.1, -0.05) is 32.0 Å². The normalized spacial score (nSPS) is 15.2. The summed E-state index contributed by atoms with van der Waals surface area (Å²) in [6.45, 7) is 6.12. The number of nitrogens with zero attached hydrogens (tertiary/aromatic N) is 1. The first-order valence-corrected chi connectivity index (χ1v) is 5.95. The van der Waals surface area contributed by atoms with E-state index in [0.717, 1.165) is 18.4 Å². The van der Waals surface area contributed by atoms with Gasteiger partial charge >= 0.3 is 0 Å². The van der Waals surface area contributed by atoms with Crippen molar-refractivity contribution in [3.8, 4) is 0 Å². The van der Waals surface area contributed by atoms with Crippen LogP contribution in [0.2, 0.25) is 0 Å². The Morgan fingerprint density at radius 1 is 1.06 bits per heavy atom. The van der Waals surface area contributed by atoms with Crippen LogP contribution in [0.4, 0.5) is 0 Å². The number of benzene rings is 1. The van der Waals surface area contributed by atoms with Crippen LogP contribution in [0, 0.1) is 0 Å². The van der Waals surface area contributed by atoms with Gasteiger partial charge in [0.05, 0.1) is 0 Å². The molecule has 16 heavy (non-hydrogen) atoms. The molecular weight excluding hydrogens is 198 g/mol. The molecule has 1 atom stereocenters. The van der Waals surface area contributed by atoms with E-state index >= 15 is 0 Å². The van der Waals surface area contributed by atoms with Crippen molar-refractivity contribution in [3.05, 3.63) is 34.9 Å². The van der Waals surface area contributed by atoms with Crippen molar-refractivity contribution in [2.75, 3.05) is 14.1 Å². The fourth-order valence-electron chi connectivity index (χ4n) is 1.70. The first-order chi connectivity index (χ1) is 7.41. The van der Waals surface area contributed by atoms with E-state index < -0.39 is 5.72 Å². The first-order valence-electron chi connectivity index (χ1n) is 5.95. The predicted octanol–water partition coefficient (Wildman–Crippen LogP) is 2.54. The van der Waals surface area contributed by atoms with Crippen LogP contribution >= 0.6 is 0 Å². The minimum Gasteiger partial charge on any atom is -0.372 e. The van der Waals surface area contributed by atoms with Crippen LogP contribution in [0.1, 0.15) is 37.5 Å². The van der Waals surface area contributed by atoms with Gasteiger partial charge in [-0.15, -0.1) is 0 Å². The van der Waals surface area contributed by atoms with Crippen LogP contribution < -0.4 is 0 Å². The van der Waals surface area contributed by atoms with Crippen LogP contribution in [0.5, 0.6) is 0 Å². The van der Waals surface area contributed by atoms with E-state index in [1.807, 2.05) is 25.9 Å². The average Bonchev–Trinajstić information content (AvgIpc) is 2.27. The molecule has 0 saturated carbocycles. The Hall–Kier alpha value is -0.860. The summed E-state index contributed by atoms with van der Waals surface area (Å²) in [6.07, 6.45) is 2.01. The molecule has 1 rings (SSSR count). The lowest BCUT2D eigenvalue weighted by Crippen LogP contribution is -2.38. The monoisotopic (exact) mass is 221 g/mol. The zero-order valence-electron chi connectivity index (χ0n) is 11.0. The van der Waals surface area contributed by atoms with Crippen LogP contribution in [0.15, 0.2) is 18.2 Å². The van der Waals surface area contributed by atoms with Gasteiger partial charge in [-0.2, -0.15) is 0 Å². The number of aliphatic hydroxyl groups is 1. The topological polar surface area (TPSA) is 23.5 Å². The summed E-state index contributed by atoms with van der Waals surface area (Å²) >= 11 is 0. The van der Waals surface area contributed by atoms with Crippen molar-refractivity contribution in [1.82, 2.24) is 4.90 Å². The third kappa shape index (κ3) is 2.63. The van der Waals surface area contributed by atoms with E-state index in [1.54, 1.807) is 0 Å². The summed E-state index contributed by atoms with van der Waals surface area (Å²) in [5.41, 5.74) is 2.66. The summed E-state index contributed by atoms with van der Waals surface area (Å²) in [4.78, 5) is 1.83. The van der Waals surface area contributed by atoms with Crippen molar-refractivity contribution in [1.29, 1.82) is 0 Å². The molecular formula is C14H23NO. The molecule has 0 heterocycles. The van der Waals surface area contributed by atoms with Crippen LogP contribution in [-0.2, 0) is 18.6 Å². The van der Waals surface area contributed by atoms with Crippen molar-refractivity contribution >= 4 is 0 Å². The Morgan fingerprint density at radius 2 is 1.50 bits per heavy atom. The second kappa shape index (κ2) is 4.98. The van der Waals surface area contributed by atoms with Crippen molar-refractivity contribution in [3.63, 3.8) is 0 Å². The van der Waals surface area contributed by atoms with E-state index in [0.29, 0.717) is 0 Å². The highest BCUT2D eigenvalue weighted by Gasteiger charge is 2.26. The van der Waals surface area contributed by atoms with Gasteiger partial charge in [0, 0.05) is 0 Å². The maximum Gasteiger partial charge on any atom is 0.141 e. The van der Waals surface area contributed by atoms with Crippen LogP contribution in [0.25, 0.3) is 0 Å². The zero-order chi connectivity index (χ0) is 12.3. The van der Waals surface area contributed by atoms with Gasteiger partial charge in [0.15, 0.2) is 0 Å². The zero-order valence-corrected chi connectivity index (χ0v) is 11.0. The minimum atomic E-state index is -0.894. The molecule has 0 spiro atoms. The fourth-order valence-corrected chi connectivity index (χ4v) is 1.70. The second-order valence-corrected chi connectivity index (χ2v) is 4.66. The highest BCUT2D eigenvalue weighted by molar-refractivity contribution is 5.33. The Morgan fingerprint density at radius 3 is 1.81 bits per heavy atom. The molecule has 0 aliphatic rings. The molecule has 0 radical (unpaired) electrons.